The first-order valence-electron chi connectivity index (χ1n) is 7.64. The molecule has 0 amide bonds. The molecule has 1 aliphatic carbocycles. The van der Waals surface area contributed by atoms with Gasteiger partial charge < -0.3 is 5.32 Å². The quantitative estimate of drug-likeness (QED) is 0.844. The normalized spacial score (nSPS) is 18.7. The number of halogens is 1. The van der Waals surface area contributed by atoms with Crippen LogP contribution in [-0.4, -0.2) is 16.8 Å². The molecule has 1 atom stereocenters. The van der Waals surface area contributed by atoms with Crippen molar-refractivity contribution in [1.29, 1.82) is 0 Å². The highest BCUT2D eigenvalue weighted by Crippen LogP contribution is 2.32. The number of aryl methyl sites for hydroxylation is 1. The summed E-state index contributed by atoms with van der Waals surface area (Å²) in [5.74, 6) is 0.946. The van der Waals surface area contributed by atoms with Gasteiger partial charge in [-0.05, 0) is 48.7 Å². The van der Waals surface area contributed by atoms with E-state index >= 15 is 0 Å². The van der Waals surface area contributed by atoms with E-state index < -0.39 is 0 Å². The summed E-state index contributed by atoms with van der Waals surface area (Å²) in [6, 6.07) is 0.416. The lowest BCUT2D eigenvalue weighted by molar-refractivity contribution is 0.314. The van der Waals surface area contributed by atoms with Crippen LogP contribution in [0.1, 0.15) is 63.6 Å². The highest BCUT2D eigenvalue weighted by atomic mass is 79.9. The molecule has 1 unspecified atom stereocenters. The second-order valence-corrected chi connectivity index (χ2v) is 6.47. The molecule has 0 bridgehead atoms. The van der Waals surface area contributed by atoms with Crippen LogP contribution in [0, 0.1) is 5.92 Å². The molecule has 108 valence electrons. The van der Waals surface area contributed by atoms with E-state index in [0.717, 1.165) is 16.9 Å². The minimum atomic E-state index is 0.416. The molecule has 1 fully saturated rings. The Bertz CT molecular complexity index is 383. The summed E-state index contributed by atoms with van der Waals surface area (Å²) >= 11 is 3.64. The second kappa shape index (κ2) is 7.44. The molecule has 0 radical (unpaired) electrons. The fourth-order valence-corrected chi connectivity index (χ4v) is 3.84. The van der Waals surface area contributed by atoms with Crippen LogP contribution in [0.3, 0.4) is 0 Å². The SMILES string of the molecule is CCn1ncc(Br)c1C(CCC1CCCCC1)NC. The van der Waals surface area contributed by atoms with Crippen LogP contribution >= 0.6 is 15.9 Å². The third-order valence-electron chi connectivity index (χ3n) is 4.40. The first kappa shape index (κ1) is 15.0. The molecule has 0 aromatic carbocycles. The molecule has 1 N–H and O–H groups in total. The standard InChI is InChI=1S/C15H26BrN3/c1-3-19-15(13(16)11-18-19)14(17-2)10-9-12-7-5-4-6-8-12/h11-12,14,17H,3-10H2,1-2H3. The smallest absolute Gasteiger partial charge is 0.0695 e. The topological polar surface area (TPSA) is 29.9 Å². The molecule has 0 spiro atoms. The monoisotopic (exact) mass is 327 g/mol. The Morgan fingerprint density at radius 1 is 1.42 bits per heavy atom. The predicted molar refractivity (Wildman–Crippen MR) is 83.2 cm³/mol. The van der Waals surface area contributed by atoms with E-state index in [1.165, 1.54) is 50.6 Å². The zero-order valence-electron chi connectivity index (χ0n) is 12.2. The molecule has 2 rings (SSSR count). The highest BCUT2D eigenvalue weighted by Gasteiger charge is 2.20. The Balaban J connectivity index is 1.97. The van der Waals surface area contributed by atoms with Gasteiger partial charge in [0.2, 0.25) is 0 Å². The van der Waals surface area contributed by atoms with Crippen LogP contribution in [0.15, 0.2) is 10.7 Å². The summed E-state index contributed by atoms with van der Waals surface area (Å²) in [6.45, 7) is 3.08. The highest BCUT2D eigenvalue weighted by molar-refractivity contribution is 9.10. The average Bonchev–Trinajstić information content (AvgIpc) is 2.82. The number of nitrogens with zero attached hydrogens (tertiary/aromatic N) is 2. The number of hydrogen-bond acceptors (Lipinski definition) is 2. The molecular formula is C15H26BrN3. The Morgan fingerprint density at radius 2 is 2.16 bits per heavy atom. The van der Waals surface area contributed by atoms with Gasteiger partial charge in [-0.3, -0.25) is 4.68 Å². The zero-order chi connectivity index (χ0) is 13.7. The van der Waals surface area contributed by atoms with Gasteiger partial charge in [-0.15, -0.1) is 0 Å². The summed E-state index contributed by atoms with van der Waals surface area (Å²) in [5.41, 5.74) is 1.31. The molecule has 1 aromatic heterocycles. The van der Waals surface area contributed by atoms with E-state index in [4.69, 9.17) is 0 Å². The number of aromatic nitrogens is 2. The van der Waals surface area contributed by atoms with Crippen molar-refractivity contribution in [1.82, 2.24) is 15.1 Å². The fraction of sp³-hybridized carbons (Fsp3) is 0.800. The van der Waals surface area contributed by atoms with Crippen molar-refractivity contribution >= 4 is 15.9 Å². The molecule has 1 aliphatic rings. The van der Waals surface area contributed by atoms with Gasteiger partial charge in [0.1, 0.15) is 0 Å². The third kappa shape index (κ3) is 3.82. The van der Waals surface area contributed by atoms with Gasteiger partial charge in [0.05, 0.1) is 22.4 Å². The van der Waals surface area contributed by atoms with Crippen molar-refractivity contribution in [2.24, 2.45) is 5.92 Å². The molecular weight excluding hydrogens is 302 g/mol. The van der Waals surface area contributed by atoms with Crippen LogP contribution in [0.5, 0.6) is 0 Å². The number of rotatable bonds is 6. The van der Waals surface area contributed by atoms with Gasteiger partial charge in [0.15, 0.2) is 0 Å². The van der Waals surface area contributed by atoms with E-state index in [-0.39, 0.29) is 0 Å². The fourth-order valence-electron chi connectivity index (χ4n) is 3.27. The number of hydrogen-bond donors (Lipinski definition) is 1. The Morgan fingerprint density at radius 3 is 2.79 bits per heavy atom. The van der Waals surface area contributed by atoms with Crippen LogP contribution < -0.4 is 5.32 Å². The summed E-state index contributed by atoms with van der Waals surface area (Å²) in [7, 11) is 2.06. The minimum absolute atomic E-state index is 0.416. The van der Waals surface area contributed by atoms with E-state index in [1.807, 2.05) is 6.20 Å². The van der Waals surface area contributed by atoms with E-state index in [0.29, 0.717) is 6.04 Å². The molecule has 1 heterocycles. The van der Waals surface area contributed by atoms with Gasteiger partial charge in [0.25, 0.3) is 0 Å². The zero-order valence-corrected chi connectivity index (χ0v) is 13.7. The lowest BCUT2D eigenvalue weighted by Gasteiger charge is -2.24. The number of nitrogens with one attached hydrogen (secondary N) is 1. The van der Waals surface area contributed by atoms with Crippen LogP contribution in [0.2, 0.25) is 0 Å². The summed E-state index contributed by atoms with van der Waals surface area (Å²) in [4.78, 5) is 0. The largest absolute Gasteiger partial charge is 0.312 e. The van der Waals surface area contributed by atoms with Gasteiger partial charge in [-0.25, -0.2) is 0 Å². The van der Waals surface area contributed by atoms with Crippen molar-refractivity contribution in [2.45, 2.75) is 64.5 Å². The van der Waals surface area contributed by atoms with Gasteiger partial charge in [-0.1, -0.05) is 32.1 Å². The maximum Gasteiger partial charge on any atom is 0.0695 e. The van der Waals surface area contributed by atoms with Gasteiger partial charge >= 0.3 is 0 Å². The molecule has 0 saturated heterocycles. The Kier molecular flexibility index (Phi) is 5.89. The van der Waals surface area contributed by atoms with Crippen molar-refractivity contribution in [3.63, 3.8) is 0 Å². The van der Waals surface area contributed by atoms with Gasteiger partial charge in [-0.2, -0.15) is 5.10 Å². The lowest BCUT2D eigenvalue weighted by atomic mass is 9.85. The lowest BCUT2D eigenvalue weighted by Crippen LogP contribution is -2.22. The van der Waals surface area contributed by atoms with Crippen molar-refractivity contribution in [3.05, 3.63) is 16.4 Å². The van der Waals surface area contributed by atoms with Crippen molar-refractivity contribution in [2.75, 3.05) is 7.05 Å². The third-order valence-corrected chi connectivity index (χ3v) is 5.01. The summed E-state index contributed by atoms with van der Waals surface area (Å²) in [5, 5.41) is 7.90. The first-order valence-corrected chi connectivity index (χ1v) is 8.44. The summed E-state index contributed by atoms with van der Waals surface area (Å²) < 4.78 is 3.24. The van der Waals surface area contributed by atoms with Crippen molar-refractivity contribution < 1.29 is 0 Å². The van der Waals surface area contributed by atoms with Crippen LogP contribution in [0.4, 0.5) is 0 Å². The van der Waals surface area contributed by atoms with E-state index in [1.54, 1.807) is 0 Å². The Hall–Kier alpha value is -0.350. The average molecular weight is 328 g/mol. The molecule has 1 saturated carbocycles. The second-order valence-electron chi connectivity index (χ2n) is 5.62. The maximum absolute atomic E-state index is 4.43. The van der Waals surface area contributed by atoms with Crippen LogP contribution in [0.25, 0.3) is 0 Å². The molecule has 3 nitrogen and oxygen atoms in total. The predicted octanol–water partition coefficient (Wildman–Crippen LogP) is 4.29. The molecule has 0 aliphatic heterocycles. The molecule has 1 aromatic rings. The molecule has 4 heteroatoms. The first-order chi connectivity index (χ1) is 9.26. The van der Waals surface area contributed by atoms with Gasteiger partial charge in [0, 0.05) is 6.54 Å². The van der Waals surface area contributed by atoms with E-state index in [2.05, 4.69) is 45.0 Å². The van der Waals surface area contributed by atoms with Crippen LogP contribution in [-0.2, 0) is 6.54 Å². The maximum atomic E-state index is 4.43. The molecule has 19 heavy (non-hydrogen) atoms. The van der Waals surface area contributed by atoms with Crippen molar-refractivity contribution in [3.8, 4) is 0 Å². The minimum Gasteiger partial charge on any atom is -0.312 e. The van der Waals surface area contributed by atoms with E-state index in [9.17, 15) is 0 Å². The Labute approximate surface area is 125 Å². The summed E-state index contributed by atoms with van der Waals surface area (Å²) in [6.07, 6.45) is 11.7.